The summed E-state index contributed by atoms with van der Waals surface area (Å²) in [5.74, 6) is -0.318. The highest BCUT2D eigenvalue weighted by Gasteiger charge is 2.41. The number of hydrogen-bond acceptors (Lipinski definition) is 7. The molecule has 0 bridgehead atoms. The molecule has 1 heterocycles. The van der Waals surface area contributed by atoms with Gasteiger partial charge in [-0.2, -0.15) is 0 Å². The van der Waals surface area contributed by atoms with Crippen LogP contribution in [0.1, 0.15) is 61.8 Å². The van der Waals surface area contributed by atoms with Crippen LogP contribution in [-0.2, 0) is 28.2 Å². The van der Waals surface area contributed by atoms with Gasteiger partial charge in [-0.1, -0.05) is 39.8 Å². The molecular formula is C27H50O7Si. The monoisotopic (exact) mass is 514 g/mol. The van der Waals surface area contributed by atoms with E-state index in [9.17, 15) is 9.90 Å². The van der Waals surface area contributed by atoms with Crippen LogP contribution in [0.2, 0.25) is 18.1 Å². The lowest BCUT2D eigenvalue weighted by atomic mass is 9.97. The second-order valence-electron chi connectivity index (χ2n) is 11.8. The number of carbonyl (C=O) groups is 1. The maximum atomic E-state index is 12.6. The molecule has 7 nitrogen and oxygen atoms in total. The molecule has 0 spiro atoms. The molecule has 1 unspecified atom stereocenters. The zero-order chi connectivity index (χ0) is 26.9. The molecule has 0 fully saturated rings. The van der Waals surface area contributed by atoms with Crippen molar-refractivity contribution in [3.05, 3.63) is 24.3 Å². The molecule has 1 rings (SSSR count). The Morgan fingerprint density at radius 2 is 1.80 bits per heavy atom. The van der Waals surface area contributed by atoms with E-state index in [1.165, 1.54) is 0 Å². The van der Waals surface area contributed by atoms with Crippen molar-refractivity contribution in [3.8, 4) is 0 Å². The first-order valence-electron chi connectivity index (χ1n) is 12.8. The average molecular weight is 515 g/mol. The molecule has 0 aliphatic carbocycles. The van der Waals surface area contributed by atoms with E-state index in [1.54, 1.807) is 0 Å². The minimum Gasteiger partial charge on any atom is -0.455 e. The van der Waals surface area contributed by atoms with E-state index in [-0.39, 0.29) is 29.6 Å². The average Bonchev–Trinajstić information content (AvgIpc) is 2.74. The van der Waals surface area contributed by atoms with Crippen molar-refractivity contribution in [2.24, 2.45) is 11.3 Å². The SMILES string of the molecule is CCOCCO[C@@H](C/C=C/[C@@H]1OC(O[Si](C)(C)C(C)(C)C)C=C[C@@H]1OC(=O)C(C)(C)C)[C@@H](C)CO. The van der Waals surface area contributed by atoms with Gasteiger partial charge in [0.2, 0.25) is 0 Å². The van der Waals surface area contributed by atoms with E-state index in [1.807, 2.05) is 58.9 Å². The van der Waals surface area contributed by atoms with E-state index in [0.717, 1.165) is 0 Å². The van der Waals surface area contributed by atoms with Crippen molar-refractivity contribution >= 4 is 14.3 Å². The van der Waals surface area contributed by atoms with E-state index in [4.69, 9.17) is 23.4 Å². The molecule has 0 saturated carbocycles. The molecule has 0 aromatic heterocycles. The molecule has 204 valence electrons. The lowest BCUT2D eigenvalue weighted by molar-refractivity contribution is -0.171. The van der Waals surface area contributed by atoms with Crippen LogP contribution in [-0.4, -0.2) is 70.4 Å². The van der Waals surface area contributed by atoms with Crippen LogP contribution in [0.3, 0.4) is 0 Å². The highest BCUT2D eigenvalue weighted by molar-refractivity contribution is 6.74. The highest BCUT2D eigenvalue weighted by Crippen LogP contribution is 2.38. The molecule has 0 aromatic carbocycles. The van der Waals surface area contributed by atoms with Crippen LogP contribution in [0.25, 0.3) is 0 Å². The first-order chi connectivity index (χ1) is 16.1. The number of esters is 1. The van der Waals surface area contributed by atoms with Crippen LogP contribution in [0.5, 0.6) is 0 Å². The molecule has 0 radical (unpaired) electrons. The minimum absolute atomic E-state index is 0.0300. The topological polar surface area (TPSA) is 83.5 Å². The third-order valence-corrected chi connectivity index (χ3v) is 11.0. The van der Waals surface area contributed by atoms with Crippen molar-refractivity contribution < 1.29 is 33.3 Å². The largest absolute Gasteiger partial charge is 0.455 e. The summed E-state index contributed by atoms with van der Waals surface area (Å²) in [5, 5.41) is 9.68. The molecule has 0 amide bonds. The molecule has 1 aliphatic heterocycles. The van der Waals surface area contributed by atoms with Gasteiger partial charge in [-0.3, -0.25) is 4.79 Å². The van der Waals surface area contributed by atoms with Crippen molar-refractivity contribution in [3.63, 3.8) is 0 Å². The lowest BCUT2D eigenvalue weighted by Gasteiger charge is -2.40. The highest BCUT2D eigenvalue weighted by atomic mass is 28.4. The fourth-order valence-electron chi connectivity index (χ4n) is 3.01. The molecule has 35 heavy (non-hydrogen) atoms. The van der Waals surface area contributed by atoms with E-state index < -0.39 is 32.2 Å². The Hall–Kier alpha value is -1.03. The van der Waals surface area contributed by atoms with Gasteiger partial charge in [-0.25, -0.2) is 0 Å². The van der Waals surface area contributed by atoms with Crippen molar-refractivity contribution in [2.75, 3.05) is 26.4 Å². The molecule has 1 aliphatic rings. The van der Waals surface area contributed by atoms with Crippen molar-refractivity contribution in [1.29, 1.82) is 0 Å². The summed E-state index contributed by atoms with van der Waals surface area (Å²) in [5.41, 5.74) is -0.618. The number of aliphatic hydroxyl groups is 1. The lowest BCUT2D eigenvalue weighted by Crippen LogP contribution is -2.47. The summed E-state index contributed by atoms with van der Waals surface area (Å²) in [4.78, 5) is 12.6. The van der Waals surface area contributed by atoms with Gasteiger partial charge in [0.15, 0.2) is 14.6 Å². The third-order valence-electron chi connectivity index (χ3n) is 6.53. The van der Waals surface area contributed by atoms with Gasteiger partial charge < -0.3 is 28.5 Å². The Kier molecular flexibility index (Phi) is 12.8. The maximum Gasteiger partial charge on any atom is 0.311 e. The van der Waals surface area contributed by atoms with Gasteiger partial charge in [0.1, 0.15) is 12.2 Å². The minimum atomic E-state index is -2.06. The van der Waals surface area contributed by atoms with Crippen LogP contribution in [0.4, 0.5) is 0 Å². The molecule has 5 atom stereocenters. The van der Waals surface area contributed by atoms with Crippen LogP contribution in [0.15, 0.2) is 24.3 Å². The van der Waals surface area contributed by atoms with Gasteiger partial charge >= 0.3 is 5.97 Å². The number of carbonyl (C=O) groups excluding carboxylic acids is 1. The zero-order valence-electron chi connectivity index (χ0n) is 23.6. The van der Waals surface area contributed by atoms with Gasteiger partial charge in [-0.15, -0.1) is 0 Å². The maximum absolute atomic E-state index is 12.6. The number of hydrogen-bond donors (Lipinski definition) is 1. The van der Waals surface area contributed by atoms with Gasteiger partial charge in [0.05, 0.1) is 24.7 Å². The summed E-state index contributed by atoms with van der Waals surface area (Å²) >= 11 is 0. The summed E-state index contributed by atoms with van der Waals surface area (Å²) in [6, 6.07) is 0. The second-order valence-corrected chi connectivity index (χ2v) is 16.5. The normalized spacial score (nSPS) is 23.5. The Balaban J connectivity index is 2.99. The van der Waals surface area contributed by atoms with Crippen molar-refractivity contribution in [1.82, 2.24) is 0 Å². The summed E-state index contributed by atoms with van der Waals surface area (Å²) in [7, 11) is -2.06. The smallest absolute Gasteiger partial charge is 0.311 e. The molecule has 0 aromatic rings. The van der Waals surface area contributed by atoms with E-state index >= 15 is 0 Å². The fraction of sp³-hybridized carbons (Fsp3) is 0.815. The first-order valence-corrected chi connectivity index (χ1v) is 15.7. The van der Waals surface area contributed by atoms with Crippen molar-refractivity contribution in [2.45, 2.75) is 105 Å². The Labute approximate surface area is 214 Å². The quantitative estimate of drug-likeness (QED) is 0.156. The number of rotatable bonds is 13. The van der Waals surface area contributed by atoms with E-state index in [2.05, 4.69) is 33.9 Å². The Bertz CT molecular complexity index is 691. The Morgan fingerprint density at radius 1 is 1.14 bits per heavy atom. The second kappa shape index (κ2) is 14.0. The molecule has 8 heteroatoms. The van der Waals surface area contributed by atoms with Crippen LogP contribution >= 0.6 is 0 Å². The third kappa shape index (κ3) is 10.9. The summed E-state index contributed by atoms with van der Waals surface area (Å²) < 4.78 is 29.8. The van der Waals surface area contributed by atoms with Gasteiger partial charge in [0.25, 0.3) is 0 Å². The predicted octanol–water partition coefficient (Wildman–Crippen LogP) is 5.24. The molecule has 1 N–H and O–H groups in total. The summed E-state index contributed by atoms with van der Waals surface area (Å²) in [6.45, 7) is 22.0. The number of aliphatic hydroxyl groups excluding tert-OH is 1. The van der Waals surface area contributed by atoms with Gasteiger partial charge in [-0.05, 0) is 64.4 Å². The zero-order valence-corrected chi connectivity index (χ0v) is 24.6. The predicted molar refractivity (Wildman–Crippen MR) is 142 cm³/mol. The van der Waals surface area contributed by atoms with E-state index in [0.29, 0.717) is 26.2 Å². The van der Waals surface area contributed by atoms with Crippen LogP contribution < -0.4 is 0 Å². The summed E-state index contributed by atoms with van der Waals surface area (Å²) in [6.07, 6.45) is 6.48. The van der Waals surface area contributed by atoms with Gasteiger partial charge in [0, 0.05) is 19.1 Å². The standard InChI is InChI=1S/C27H50O7Si/c1-11-30-17-18-31-21(20(2)19-28)13-12-14-22-23(33-25(29)26(3,4)5)15-16-24(32-22)34-35(9,10)27(6,7)8/h12,14-16,20-24,28H,11,13,17-19H2,1-10H3/b14-12+/t20-,21-,22-,23-,24?/m0/s1. The number of ether oxygens (including phenoxy) is 4. The van der Waals surface area contributed by atoms with Crippen LogP contribution in [0, 0.1) is 11.3 Å². The molecule has 0 saturated heterocycles. The fourth-order valence-corrected chi connectivity index (χ4v) is 4.08. The Morgan fingerprint density at radius 3 is 2.34 bits per heavy atom. The molecular weight excluding hydrogens is 464 g/mol. The first kappa shape index (κ1) is 32.0.